The van der Waals surface area contributed by atoms with Gasteiger partial charge in [0.1, 0.15) is 0 Å². The first-order valence-electron chi connectivity index (χ1n) is 8.09. The Kier molecular flexibility index (Phi) is 6.60. The van der Waals surface area contributed by atoms with Crippen molar-refractivity contribution in [2.45, 2.75) is 26.2 Å². The molecule has 0 radical (unpaired) electrons. The third-order valence-electron chi connectivity index (χ3n) is 3.99. The predicted molar refractivity (Wildman–Crippen MR) is 96.9 cm³/mol. The van der Waals surface area contributed by atoms with Crippen molar-refractivity contribution < 1.29 is 0 Å². The molecule has 1 atom stereocenters. The van der Waals surface area contributed by atoms with E-state index < -0.39 is 0 Å². The molecule has 2 aromatic rings. The van der Waals surface area contributed by atoms with E-state index in [0.29, 0.717) is 5.92 Å². The number of aliphatic imine (C=N–C) groups is 1. The molecule has 0 amide bonds. The Morgan fingerprint density at radius 2 is 1.96 bits per heavy atom. The van der Waals surface area contributed by atoms with E-state index in [2.05, 4.69) is 64.8 Å². The van der Waals surface area contributed by atoms with Gasteiger partial charge in [0.15, 0.2) is 5.96 Å². The Bertz CT molecular complexity index is 622. The zero-order valence-corrected chi connectivity index (χ0v) is 14.2. The Morgan fingerprint density at radius 3 is 2.65 bits per heavy atom. The van der Waals surface area contributed by atoms with E-state index in [4.69, 9.17) is 0 Å². The van der Waals surface area contributed by atoms with E-state index in [0.717, 1.165) is 25.5 Å². The monoisotopic (exact) mass is 310 g/mol. The third-order valence-corrected chi connectivity index (χ3v) is 3.99. The first-order valence-corrected chi connectivity index (χ1v) is 8.09. The number of pyridine rings is 1. The van der Waals surface area contributed by atoms with Gasteiger partial charge >= 0.3 is 0 Å². The summed E-state index contributed by atoms with van der Waals surface area (Å²) in [6, 6.07) is 12.6. The minimum absolute atomic E-state index is 0.442. The van der Waals surface area contributed by atoms with Crippen LogP contribution in [0.3, 0.4) is 0 Å². The topological polar surface area (TPSA) is 49.3 Å². The van der Waals surface area contributed by atoms with Crippen LogP contribution in [0.4, 0.5) is 0 Å². The van der Waals surface area contributed by atoms with Gasteiger partial charge in [-0.3, -0.25) is 9.98 Å². The molecule has 122 valence electrons. The van der Waals surface area contributed by atoms with Gasteiger partial charge in [0.25, 0.3) is 0 Å². The fourth-order valence-electron chi connectivity index (χ4n) is 2.47. The smallest absolute Gasteiger partial charge is 0.191 e. The first kappa shape index (κ1) is 17.0. The predicted octanol–water partition coefficient (Wildman–Crippen LogP) is 2.90. The van der Waals surface area contributed by atoms with Crippen LogP contribution in [-0.2, 0) is 6.42 Å². The van der Waals surface area contributed by atoms with Gasteiger partial charge < -0.3 is 10.6 Å². The number of guanidine groups is 1. The maximum absolute atomic E-state index is 4.29. The number of benzene rings is 1. The molecule has 0 saturated heterocycles. The fraction of sp³-hybridized carbons (Fsp3) is 0.368. The standard InChI is InChI=1S/C19H26N4/c1-15-13-21-11-9-18(15)10-12-22-19(20-3)23-14-16(2)17-7-5-4-6-8-17/h4-9,11,13,16H,10,12,14H2,1-3H3,(H2,20,22,23). The van der Waals surface area contributed by atoms with Gasteiger partial charge in [-0.15, -0.1) is 0 Å². The summed E-state index contributed by atoms with van der Waals surface area (Å²) < 4.78 is 0. The van der Waals surface area contributed by atoms with Crippen molar-refractivity contribution in [1.82, 2.24) is 15.6 Å². The van der Waals surface area contributed by atoms with Crippen molar-refractivity contribution in [1.29, 1.82) is 0 Å². The summed E-state index contributed by atoms with van der Waals surface area (Å²) in [5, 5.41) is 6.77. The number of hydrogen-bond acceptors (Lipinski definition) is 2. The van der Waals surface area contributed by atoms with Crippen LogP contribution in [0.1, 0.15) is 29.5 Å². The van der Waals surface area contributed by atoms with Crippen LogP contribution in [0.25, 0.3) is 0 Å². The molecule has 1 aromatic carbocycles. The molecule has 23 heavy (non-hydrogen) atoms. The van der Waals surface area contributed by atoms with Crippen LogP contribution in [0.15, 0.2) is 53.8 Å². The van der Waals surface area contributed by atoms with E-state index in [1.807, 2.05) is 18.5 Å². The van der Waals surface area contributed by atoms with Crippen molar-refractivity contribution in [3.8, 4) is 0 Å². The lowest BCUT2D eigenvalue weighted by Gasteiger charge is -2.16. The SMILES string of the molecule is CN=C(NCCc1ccncc1C)NCC(C)c1ccccc1. The highest BCUT2D eigenvalue weighted by atomic mass is 15.2. The molecule has 0 aliphatic carbocycles. The van der Waals surface area contributed by atoms with E-state index in [-0.39, 0.29) is 0 Å². The summed E-state index contributed by atoms with van der Waals surface area (Å²) in [5.41, 5.74) is 3.89. The minimum atomic E-state index is 0.442. The quantitative estimate of drug-likeness (QED) is 0.637. The van der Waals surface area contributed by atoms with Crippen LogP contribution in [-0.4, -0.2) is 31.1 Å². The number of nitrogens with zero attached hydrogens (tertiary/aromatic N) is 2. The van der Waals surface area contributed by atoms with Gasteiger partial charge in [0.2, 0.25) is 0 Å². The van der Waals surface area contributed by atoms with Gasteiger partial charge in [-0.05, 0) is 42.0 Å². The maximum Gasteiger partial charge on any atom is 0.191 e. The van der Waals surface area contributed by atoms with Crippen LogP contribution >= 0.6 is 0 Å². The van der Waals surface area contributed by atoms with Crippen LogP contribution in [0, 0.1) is 6.92 Å². The minimum Gasteiger partial charge on any atom is -0.356 e. The molecule has 4 nitrogen and oxygen atoms in total. The number of aryl methyl sites for hydroxylation is 1. The largest absolute Gasteiger partial charge is 0.356 e. The fourth-order valence-corrected chi connectivity index (χ4v) is 2.47. The number of nitrogens with one attached hydrogen (secondary N) is 2. The highest BCUT2D eigenvalue weighted by Gasteiger charge is 2.06. The summed E-state index contributed by atoms with van der Waals surface area (Å²) in [6.45, 7) is 6.02. The first-order chi connectivity index (χ1) is 11.2. The Hall–Kier alpha value is -2.36. The average molecular weight is 310 g/mol. The van der Waals surface area contributed by atoms with Gasteiger partial charge in [0.05, 0.1) is 0 Å². The van der Waals surface area contributed by atoms with Crippen molar-refractivity contribution in [2.75, 3.05) is 20.1 Å². The second-order valence-corrected chi connectivity index (χ2v) is 5.74. The molecule has 4 heteroatoms. The normalized spacial score (nSPS) is 12.7. The molecular weight excluding hydrogens is 284 g/mol. The van der Waals surface area contributed by atoms with Gasteiger partial charge in [0, 0.05) is 32.5 Å². The van der Waals surface area contributed by atoms with Gasteiger partial charge in [-0.25, -0.2) is 0 Å². The van der Waals surface area contributed by atoms with Crippen molar-refractivity contribution in [3.63, 3.8) is 0 Å². The van der Waals surface area contributed by atoms with Gasteiger partial charge in [-0.2, -0.15) is 0 Å². The van der Waals surface area contributed by atoms with E-state index >= 15 is 0 Å². The average Bonchev–Trinajstić information content (AvgIpc) is 2.60. The molecule has 0 spiro atoms. The Balaban J connectivity index is 1.77. The highest BCUT2D eigenvalue weighted by Crippen LogP contribution is 2.12. The van der Waals surface area contributed by atoms with E-state index in [1.54, 1.807) is 7.05 Å². The van der Waals surface area contributed by atoms with E-state index in [1.165, 1.54) is 16.7 Å². The Morgan fingerprint density at radius 1 is 1.17 bits per heavy atom. The summed E-state index contributed by atoms with van der Waals surface area (Å²) >= 11 is 0. The second kappa shape index (κ2) is 8.93. The van der Waals surface area contributed by atoms with Crippen molar-refractivity contribution >= 4 is 5.96 Å². The number of hydrogen-bond donors (Lipinski definition) is 2. The maximum atomic E-state index is 4.29. The number of rotatable bonds is 6. The molecule has 1 heterocycles. The van der Waals surface area contributed by atoms with Crippen molar-refractivity contribution in [3.05, 3.63) is 65.5 Å². The zero-order chi connectivity index (χ0) is 16.5. The molecule has 2 N–H and O–H groups in total. The molecule has 0 saturated carbocycles. The molecule has 1 aromatic heterocycles. The Labute approximate surface area is 139 Å². The van der Waals surface area contributed by atoms with Crippen molar-refractivity contribution in [2.24, 2.45) is 4.99 Å². The molecule has 2 rings (SSSR count). The lowest BCUT2D eigenvalue weighted by Crippen LogP contribution is -2.39. The second-order valence-electron chi connectivity index (χ2n) is 5.74. The van der Waals surface area contributed by atoms with E-state index in [9.17, 15) is 0 Å². The lowest BCUT2D eigenvalue weighted by molar-refractivity contribution is 0.697. The molecule has 0 bridgehead atoms. The third kappa shape index (κ3) is 5.40. The summed E-state index contributed by atoms with van der Waals surface area (Å²) in [7, 11) is 1.81. The van der Waals surface area contributed by atoms with Crippen LogP contribution in [0.2, 0.25) is 0 Å². The zero-order valence-electron chi connectivity index (χ0n) is 14.2. The molecule has 0 aliphatic heterocycles. The highest BCUT2D eigenvalue weighted by molar-refractivity contribution is 5.79. The molecule has 1 unspecified atom stereocenters. The van der Waals surface area contributed by atoms with Gasteiger partial charge in [-0.1, -0.05) is 37.3 Å². The molecule has 0 aliphatic rings. The lowest BCUT2D eigenvalue weighted by atomic mass is 10.0. The number of aromatic nitrogens is 1. The van der Waals surface area contributed by atoms with Crippen LogP contribution in [0.5, 0.6) is 0 Å². The van der Waals surface area contributed by atoms with Crippen LogP contribution < -0.4 is 10.6 Å². The summed E-state index contributed by atoms with van der Waals surface area (Å²) in [6.07, 6.45) is 4.71. The molecular formula is C19H26N4. The summed E-state index contributed by atoms with van der Waals surface area (Å²) in [4.78, 5) is 8.41. The summed E-state index contributed by atoms with van der Waals surface area (Å²) in [5.74, 6) is 1.29. The molecule has 0 fully saturated rings.